The summed E-state index contributed by atoms with van der Waals surface area (Å²) in [7, 11) is 0. The minimum atomic E-state index is -0.789. The number of rotatable bonds is 1. The molecule has 0 unspecified atom stereocenters. The highest BCUT2D eigenvalue weighted by atomic mass is 16.8. The maximum atomic E-state index is 10.5. The monoisotopic (exact) mass is 188 g/mol. The van der Waals surface area contributed by atoms with Gasteiger partial charge in [0.2, 0.25) is 0 Å². The van der Waals surface area contributed by atoms with Gasteiger partial charge in [-0.1, -0.05) is 19.3 Å². The molecule has 0 amide bonds. The van der Waals surface area contributed by atoms with Gasteiger partial charge in [0.15, 0.2) is 0 Å². The van der Waals surface area contributed by atoms with Crippen molar-refractivity contribution >= 4 is 5.84 Å². The maximum absolute atomic E-state index is 10.5. The lowest BCUT2D eigenvalue weighted by Gasteiger charge is -2.14. The molecule has 0 aromatic heterocycles. The molecule has 1 aliphatic carbocycles. The lowest BCUT2D eigenvalue weighted by atomic mass is 9.88. The molecule has 1 aliphatic rings. The van der Waals surface area contributed by atoms with Gasteiger partial charge in [-0.05, 0) is 12.8 Å². The van der Waals surface area contributed by atoms with E-state index in [1.54, 1.807) is 0 Å². The van der Waals surface area contributed by atoms with Crippen LogP contribution in [-0.4, -0.2) is 20.9 Å². The summed E-state index contributed by atoms with van der Waals surface area (Å²) in [5, 5.41) is 29.4. The van der Waals surface area contributed by atoms with Gasteiger partial charge in [0.05, 0.1) is 0 Å². The fourth-order valence-corrected chi connectivity index (χ4v) is 1.74. The normalized spacial score (nSPS) is 20.9. The van der Waals surface area contributed by atoms with Gasteiger partial charge in [-0.25, -0.2) is 0 Å². The summed E-state index contributed by atoms with van der Waals surface area (Å²) in [4.78, 5) is 9.02. The molecule has 1 saturated carbocycles. The Morgan fingerprint density at radius 2 is 1.77 bits per heavy atom. The van der Waals surface area contributed by atoms with Gasteiger partial charge in [0.1, 0.15) is 15.7 Å². The van der Waals surface area contributed by atoms with Crippen LogP contribution in [0.1, 0.15) is 32.1 Å². The smallest absolute Gasteiger partial charge is 0.412 e. The van der Waals surface area contributed by atoms with Crippen molar-refractivity contribution < 1.29 is 15.0 Å². The Kier molecular flexibility index (Phi) is 3.05. The fraction of sp³-hybridized carbons (Fsp3) is 0.857. The average Bonchev–Trinajstić information content (AvgIpc) is 2.04. The highest BCUT2D eigenvalue weighted by Gasteiger charge is 2.37. The second-order valence-electron chi connectivity index (χ2n) is 3.22. The van der Waals surface area contributed by atoms with Crippen LogP contribution in [0.2, 0.25) is 0 Å². The minimum Gasteiger partial charge on any atom is -0.412 e. The zero-order valence-electron chi connectivity index (χ0n) is 7.18. The molecule has 6 nitrogen and oxygen atoms in total. The molecule has 74 valence electrons. The lowest BCUT2D eigenvalue weighted by Crippen LogP contribution is -2.31. The first-order valence-corrected chi connectivity index (χ1v) is 4.30. The van der Waals surface area contributed by atoms with Crippen LogP contribution in [0.3, 0.4) is 0 Å². The van der Waals surface area contributed by atoms with Gasteiger partial charge < -0.3 is 5.21 Å². The summed E-state index contributed by atoms with van der Waals surface area (Å²) in [6, 6.07) is 0. The molecule has 1 rings (SSSR count). The molecule has 0 radical (unpaired) electrons. The Hall–Kier alpha value is -1.33. The van der Waals surface area contributed by atoms with Crippen LogP contribution < -0.4 is 0 Å². The lowest BCUT2D eigenvalue weighted by molar-refractivity contribution is -0.749. The SMILES string of the molecule is O=[N+]([O-])C(C1CCCCC1)=[N+]([O-])O. The maximum Gasteiger partial charge on any atom is 0.534 e. The molecule has 0 aliphatic heterocycles. The molecule has 0 spiro atoms. The fourth-order valence-electron chi connectivity index (χ4n) is 1.74. The highest BCUT2D eigenvalue weighted by molar-refractivity contribution is 5.71. The van der Waals surface area contributed by atoms with E-state index in [9.17, 15) is 15.3 Å². The van der Waals surface area contributed by atoms with Gasteiger partial charge in [-0.3, -0.25) is 15.3 Å². The van der Waals surface area contributed by atoms with E-state index in [2.05, 4.69) is 0 Å². The first kappa shape index (κ1) is 9.76. The number of hydrogen-bond acceptors (Lipinski definition) is 4. The topological polar surface area (TPSA) is 89.4 Å². The van der Waals surface area contributed by atoms with Crippen LogP contribution in [0.4, 0.5) is 0 Å². The minimum absolute atomic E-state index is 0.383. The summed E-state index contributed by atoms with van der Waals surface area (Å²) >= 11 is 0. The van der Waals surface area contributed by atoms with Crippen molar-refractivity contribution in [1.82, 2.24) is 0 Å². The molecule has 1 fully saturated rings. The van der Waals surface area contributed by atoms with E-state index in [-0.39, 0.29) is 5.92 Å². The van der Waals surface area contributed by atoms with Crippen LogP contribution in [-0.2, 0) is 0 Å². The number of nitrogens with zero attached hydrogens (tertiary/aromatic N) is 2. The van der Waals surface area contributed by atoms with E-state index < -0.39 is 15.7 Å². The van der Waals surface area contributed by atoms with E-state index in [4.69, 9.17) is 5.21 Å². The van der Waals surface area contributed by atoms with Crippen molar-refractivity contribution in [3.8, 4) is 0 Å². The first-order chi connectivity index (χ1) is 6.13. The summed E-state index contributed by atoms with van der Waals surface area (Å²) in [6.45, 7) is 0. The third-order valence-corrected chi connectivity index (χ3v) is 2.35. The van der Waals surface area contributed by atoms with Crippen LogP contribution in [0.25, 0.3) is 0 Å². The average molecular weight is 188 g/mol. The van der Waals surface area contributed by atoms with Crippen molar-refractivity contribution in [3.63, 3.8) is 0 Å². The van der Waals surface area contributed by atoms with E-state index >= 15 is 0 Å². The summed E-state index contributed by atoms with van der Waals surface area (Å²) in [5.74, 6) is -0.994. The Bertz CT molecular complexity index is 229. The van der Waals surface area contributed by atoms with Gasteiger partial charge in [-0.15, -0.1) is 0 Å². The van der Waals surface area contributed by atoms with Gasteiger partial charge in [0.25, 0.3) is 0 Å². The molecule has 0 aromatic carbocycles. The molecule has 0 aromatic rings. The zero-order valence-corrected chi connectivity index (χ0v) is 7.18. The van der Waals surface area contributed by atoms with E-state index in [0.29, 0.717) is 12.8 Å². The van der Waals surface area contributed by atoms with E-state index in [1.807, 2.05) is 0 Å². The van der Waals surface area contributed by atoms with Crippen LogP contribution in [0.5, 0.6) is 0 Å². The molecule has 13 heavy (non-hydrogen) atoms. The number of hydrogen-bond donors (Lipinski definition) is 1. The van der Waals surface area contributed by atoms with Gasteiger partial charge >= 0.3 is 5.84 Å². The van der Waals surface area contributed by atoms with Gasteiger partial charge in [0, 0.05) is 0 Å². The molecule has 0 heterocycles. The van der Waals surface area contributed by atoms with Crippen LogP contribution in [0, 0.1) is 21.2 Å². The Morgan fingerprint density at radius 1 is 1.23 bits per heavy atom. The van der Waals surface area contributed by atoms with Crippen molar-refractivity contribution in [2.45, 2.75) is 32.1 Å². The Labute approximate surface area is 75.2 Å². The summed E-state index contributed by atoms with van der Waals surface area (Å²) in [5.41, 5.74) is 0. The van der Waals surface area contributed by atoms with Gasteiger partial charge in [-0.2, -0.15) is 0 Å². The van der Waals surface area contributed by atoms with Crippen molar-refractivity contribution in [1.29, 1.82) is 0 Å². The molecule has 0 bridgehead atoms. The predicted molar refractivity (Wildman–Crippen MR) is 44.0 cm³/mol. The first-order valence-electron chi connectivity index (χ1n) is 4.30. The second kappa shape index (κ2) is 4.06. The summed E-state index contributed by atoms with van der Waals surface area (Å²) < 4.78 is 0. The summed E-state index contributed by atoms with van der Waals surface area (Å²) in [6.07, 6.45) is 4.06. The van der Waals surface area contributed by atoms with E-state index in [0.717, 1.165) is 19.3 Å². The van der Waals surface area contributed by atoms with Crippen molar-refractivity contribution in [2.24, 2.45) is 5.92 Å². The predicted octanol–water partition coefficient (Wildman–Crippen LogP) is 1.14. The molecule has 0 atom stereocenters. The molecule has 0 saturated heterocycles. The largest absolute Gasteiger partial charge is 0.534 e. The number of amidine groups is 1. The van der Waals surface area contributed by atoms with E-state index in [1.165, 1.54) is 0 Å². The molecule has 6 heteroatoms. The van der Waals surface area contributed by atoms with Crippen molar-refractivity contribution in [2.75, 3.05) is 0 Å². The third kappa shape index (κ3) is 2.30. The Morgan fingerprint density at radius 3 is 2.15 bits per heavy atom. The van der Waals surface area contributed by atoms with Crippen LogP contribution >= 0.6 is 0 Å². The molecule has 1 N–H and O–H groups in total. The Balaban J connectivity index is 2.75. The van der Waals surface area contributed by atoms with Crippen molar-refractivity contribution in [3.05, 3.63) is 15.3 Å². The van der Waals surface area contributed by atoms with Crippen LogP contribution in [0.15, 0.2) is 0 Å². The zero-order chi connectivity index (χ0) is 9.84. The number of nitro groups is 1. The standard InChI is InChI=1S/C7H12N2O4/c10-8(11)7(9(12)13)6-4-2-1-3-5-6/h6H,1-5H2,(H,10,11). The molecular weight excluding hydrogens is 176 g/mol. The second-order valence-corrected chi connectivity index (χ2v) is 3.22. The third-order valence-electron chi connectivity index (χ3n) is 2.35. The highest BCUT2D eigenvalue weighted by Crippen LogP contribution is 2.24. The molecular formula is C7H12N2O4. The quantitative estimate of drug-likeness (QED) is 0.167.